The van der Waals surface area contributed by atoms with Crippen molar-refractivity contribution in [3.63, 3.8) is 0 Å². The molecule has 0 aliphatic rings. The summed E-state index contributed by atoms with van der Waals surface area (Å²) >= 11 is 0. The van der Waals surface area contributed by atoms with Crippen LogP contribution in [0.1, 0.15) is 5.76 Å². The lowest BCUT2D eigenvalue weighted by Crippen LogP contribution is -2.01. The number of hydrogen-bond donors (Lipinski definition) is 1. The lowest BCUT2D eigenvalue weighted by Gasteiger charge is -1.91. The van der Waals surface area contributed by atoms with Crippen molar-refractivity contribution in [1.29, 1.82) is 0 Å². The zero-order valence-electron chi connectivity index (χ0n) is 7.19. The van der Waals surface area contributed by atoms with Crippen LogP contribution in [0.25, 0.3) is 11.3 Å². The highest BCUT2D eigenvalue weighted by Crippen LogP contribution is 2.22. The van der Waals surface area contributed by atoms with E-state index in [1.807, 2.05) is 18.2 Å². The average molecular weight is 177 g/mol. The highest BCUT2D eigenvalue weighted by atomic mass is 16.3. The van der Waals surface area contributed by atoms with Crippen LogP contribution >= 0.6 is 0 Å². The summed E-state index contributed by atoms with van der Waals surface area (Å²) in [6, 6.07) is 5.73. The predicted molar refractivity (Wildman–Crippen MR) is 49.2 cm³/mol. The van der Waals surface area contributed by atoms with Gasteiger partial charge in [-0.15, -0.1) is 0 Å². The molecule has 0 saturated carbocycles. The summed E-state index contributed by atoms with van der Waals surface area (Å²) in [5, 5.41) is 0. The molecule has 2 heterocycles. The Morgan fingerprint density at radius 3 is 2.85 bits per heavy atom. The Hall–Kier alpha value is -1.48. The first-order valence-corrected chi connectivity index (χ1v) is 4.21. The van der Waals surface area contributed by atoms with Crippen LogP contribution in [0.2, 0.25) is 0 Å². The SMILES string of the molecule is NCCc1ccc(-c2ccoc2)o1. The molecule has 0 aromatic carbocycles. The molecule has 3 nitrogen and oxygen atoms in total. The van der Waals surface area contributed by atoms with Gasteiger partial charge in [-0.2, -0.15) is 0 Å². The quantitative estimate of drug-likeness (QED) is 0.780. The van der Waals surface area contributed by atoms with Crippen LogP contribution in [-0.2, 0) is 6.42 Å². The Bertz CT molecular complexity index is 362. The molecule has 2 N–H and O–H groups in total. The monoisotopic (exact) mass is 177 g/mol. The number of hydrogen-bond acceptors (Lipinski definition) is 3. The summed E-state index contributed by atoms with van der Waals surface area (Å²) in [5.74, 6) is 1.75. The van der Waals surface area contributed by atoms with Crippen LogP contribution in [-0.4, -0.2) is 6.54 Å². The van der Waals surface area contributed by atoms with Gasteiger partial charge in [-0.1, -0.05) is 0 Å². The summed E-state index contributed by atoms with van der Waals surface area (Å²) in [5.41, 5.74) is 6.37. The van der Waals surface area contributed by atoms with E-state index in [2.05, 4.69) is 0 Å². The van der Waals surface area contributed by atoms with Crippen LogP contribution in [0, 0.1) is 0 Å². The fourth-order valence-corrected chi connectivity index (χ4v) is 1.21. The van der Waals surface area contributed by atoms with Crippen LogP contribution in [0.5, 0.6) is 0 Å². The maximum Gasteiger partial charge on any atom is 0.137 e. The van der Waals surface area contributed by atoms with Gasteiger partial charge in [0.05, 0.1) is 11.8 Å². The molecule has 2 aromatic heterocycles. The third-order valence-electron chi connectivity index (χ3n) is 1.86. The highest BCUT2D eigenvalue weighted by molar-refractivity contribution is 5.55. The van der Waals surface area contributed by atoms with Gasteiger partial charge < -0.3 is 14.6 Å². The highest BCUT2D eigenvalue weighted by Gasteiger charge is 2.04. The van der Waals surface area contributed by atoms with E-state index in [0.717, 1.165) is 23.5 Å². The number of nitrogens with two attached hydrogens (primary N) is 1. The van der Waals surface area contributed by atoms with E-state index >= 15 is 0 Å². The maximum absolute atomic E-state index is 5.53. The van der Waals surface area contributed by atoms with Crippen LogP contribution in [0.3, 0.4) is 0 Å². The van der Waals surface area contributed by atoms with Gasteiger partial charge in [-0.05, 0) is 24.7 Å². The molecule has 13 heavy (non-hydrogen) atoms. The Labute approximate surface area is 76.1 Å². The van der Waals surface area contributed by atoms with E-state index in [1.165, 1.54) is 0 Å². The molecule has 68 valence electrons. The van der Waals surface area contributed by atoms with E-state index in [-0.39, 0.29) is 0 Å². The number of furan rings is 2. The van der Waals surface area contributed by atoms with Crippen LogP contribution in [0.15, 0.2) is 39.6 Å². The molecule has 0 radical (unpaired) electrons. The summed E-state index contributed by atoms with van der Waals surface area (Å²) in [6.07, 6.45) is 4.06. The first-order chi connectivity index (χ1) is 6.40. The smallest absolute Gasteiger partial charge is 0.137 e. The second kappa shape index (κ2) is 3.49. The predicted octanol–water partition coefficient (Wildman–Crippen LogP) is 2.04. The molecule has 0 amide bonds. The van der Waals surface area contributed by atoms with Crippen molar-refractivity contribution in [1.82, 2.24) is 0 Å². The van der Waals surface area contributed by atoms with Crippen molar-refractivity contribution in [2.45, 2.75) is 6.42 Å². The average Bonchev–Trinajstić information content (AvgIpc) is 2.70. The lowest BCUT2D eigenvalue weighted by molar-refractivity contribution is 0.521. The van der Waals surface area contributed by atoms with Gasteiger partial charge in [0.2, 0.25) is 0 Å². The summed E-state index contributed by atoms with van der Waals surface area (Å²) in [4.78, 5) is 0. The molecule has 0 aliphatic heterocycles. The summed E-state index contributed by atoms with van der Waals surface area (Å²) in [7, 11) is 0. The topological polar surface area (TPSA) is 52.3 Å². The molecule has 0 saturated heterocycles. The van der Waals surface area contributed by atoms with Crippen molar-refractivity contribution in [2.24, 2.45) is 5.73 Å². The van der Waals surface area contributed by atoms with Gasteiger partial charge in [-0.3, -0.25) is 0 Å². The minimum atomic E-state index is 0.609. The largest absolute Gasteiger partial charge is 0.472 e. The molecule has 0 aliphatic carbocycles. The van der Waals surface area contributed by atoms with E-state index in [1.54, 1.807) is 12.5 Å². The second-order valence-corrected chi connectivity index (χ2v) is 2.82. The standard InChI is InChI=1S/C10H11NO2/c11-5-3-9-1-2-10(13-9)8-4-6-12-7-8/h1-2,4,6-7H,3,5,11H2. The normalized spacial score (nSPS) is 10.5. The molecular formula is C10H11NO2. The van der Waals surface area contributed by atoms with E-state index in [0.29, 0.717) is 6.54 Å². The Balaban J connectivity index is 2.23. The molecule has 0 bridgehead atoms. The van der Waals surface area contributed by atoms with Gasteiger partial charge in [0.25, 0.3) is 0 Å². The third kappa shape index (κ3) is 1.65. The lowest BCUT2D eigenvalue weighted by atomic mass is 10.3. The molecule has 0 fully saturated rings. The Kier molecular flexibility index (Phi) is 2.19. The van der Waals surface area contributed by atoms with Crippen molar-refractivity contribution in [3.8, 4) is 11.3 Å². The Morgan fingerprint density at radius 1 is 1.23 bits per heavy atom. The molecule has 0 unspecified atom stereocenters. The van der Waals surface area contributed by atoms with E-state index in [9.17, 15) is 0 Å². The maximum atomic E-state index is 5.53. The minimum Gasteiger partial charge on any atom is -0.472 e. The van der Waals surface area contributed by atoms with Gasteiger partial charge in [0, 0.05) is 6.42 Å². The Morgan fingerprint density at radius 2 is 2.15 bits per heavy atom. The van der Waals surface area contributed by atoms with Crippen molar-refractivity contribution < 1.29 is 8.83 Å². The second-order valence-electron chi connectivity index (χ2n) is 2.82. The zero-order valence-corrected chi connectivity index (χ0v) is 7.19. The van der Waals surface area contributed by atoms with E-state index in [4.69, 9.17) is 14.6 Å². The minimum absolute atomic E-state index is 0.609. The molecule has 3 heteroatoms. The number of rotatable bonds is 3. The zero-order chi connectivity index (χ0) is 9.10. The van der Waals surface area contributed by atoms with Gasteiger partial charge in [0.1, 0.15) is 17.8 Å². The molecule has 2 rings (SSSR count). The van der Waals surface area contributed by atoms with Crippen molar-refractivity contribution >= 4 is 0 Å². The van der Waals surface area contributed by atoms with Crippen molar-refractivity contribution in [2.75, 3.05) is 6.54 Å². The third-order valence-corrected chi connectivity index (χ3v) is 1.86. The fourth-order valence-electron chi connectivity index (χ4n) is 1.21. The molecule has 0 spiro atoms. The van der Waals surface area contributed by atoms with Gasteiger partial charge in [-0.25, -0.2) is 0 Å². The molecule has 2 aromatic rings. The first-order valence-electron chi connectivity index (χ1n) is 4.21. The van der Waals surface area contributed by atoms with Crippen LogP contribution < -0.4 is 5.73 Å². The first kappa shape index (κ1) is 8.13. The molecule has 0 atom stereocenters. The fraction of sp³-hybridized carbons (Fsp3) is 0.200. The van der Waals surface area contributed by atoms with Crippen LogP contribution in [0.4, 0.5) is 0 Å². The van der Waals surface area contributed by atoms with Crippen molar-refractivity contribution in [3.05, 3.63) is 36.5 Å². The van der Waals surface area contributed by atoms with E-state index < -0.39 is 0 Å². The summed E-state index contributed by atoms with van der Waals surface area (Å²) < 4.78 is 10.5. The van der Waals surface area contributed by atoms with Gasteiger partial charge >= 0.3 is 0 Å². The van der Waals surface area contributed by atoms with Gasteiger partial charge in [0.15, 0.2) is 0 Å². The summed E-state index contributed by atoms with van der Waals surface area (Å²) in [6.45, 7) is 0.609. The molecular weight excluding hydrogens is 166 g/mol.